The Morgan fingerprint density at radius 2 is 1.77 bits per heavy atom. The number of aromatic nitrogens is 1. The highest BCUT2D eigenvalue weighted by atomic mass is 19.1. The summed E-state index contributed by atoms with van der Waals surface area (Å²) in [5.41, 5.74) is 4.75. The van der Waals surface area contributed by atoms with Crippen molar-refractivity contribution < 1.29 is 28.2 Å². The van der Waals surface area contributed by atoms with Gasteiger partial charge in [-0.2, -0.15) is 0 Å². The molecule has 3 fully saturated rings. The summed E-state index contributed by atoms with van der Waals surface area (Å²) in [6.07, 6.45) is 2.17. The lowest BCUT2D eigenvalue weighted by molar-refractivity contribution is -0.136. The number of hydrogen-bond acceptors (Lipinski definition) is 7. The predicted molar refractivity (Wildman–Crippen MR) is 176 cm³/mol. The van der Waals surface area contributed by atoms with Crippen LogP contribution in [0.3, 0.4) is 0 Å². The van der Waals surface area contributed by atoms with Gasteiger partial charge in [-0.3, -0.25) is 24.6 Å². The topological polar surface area (TPSA) is 101 Å². The molecule has 10 heteroatoms. The molecule has 3 atom stereocenters. The van der Waals surface area contributed by atoms with Gasteiger partial charge in [0.2, 0.25) is 11.8 Å². The first-order valence-electron chi connectivity index (χ1n) is 16.8. The van der Waals surface area contributed by atoms with Crippen molar-refractivity contribution in [1.29, 1.82) is 0 Å². The first-order valence-corrected chi connectivity index (χ1v) is 16.8. The number of fused-ring (bicyclic) bond motifs is 2. The zero-order valence-electron chi connectivity index (χ0n) is 26.6. The van der Waals surface area contributed by atoms with Crippen LogP contribution in [0.15, 0.2) is 72.8 Å². The second kappa shape index (κ2) is 12.7. The van der Waals surface area contributed by atoms with Crippen molar-refractivity contribution in [2.24, 2.45) is 0 Å². The Labute approximate surface area is 278 Å². The molecule has 4 aliphatic heterocycles. The summed E-state index contributed by atoms with van der Waals surface area (Å²) < 4.78 is 27.7. The monoisotopic (exact) mass is 648 g/mol. The zero-order chi connectivity index (χ0) is 32.8. The number of carbonyl (C=O) groups is 3. The number of benzene rings is 3. The minimum atomic E-state index is -0.664. The maximum Gasteiger partial charge on any atom is 0.255 e. The van der Waals surface area contributed by atoms with Gasteiger partial charge in [-0.15, -0.1) is 0 Å². The maximum atomic E-state index is 15.5. The SMILES string of the molecule is O=C1CC[C@H](N2Cc3cc(O[C@@H]4CN(Cc5cc(F)c6nc(C7CCOCC7)ccc6c5)C[C@H]4c4ccccc4)ccc3C2=O)C(=O)N1. The number of piperidine rings is 1. The summed E-state index contributed by atoms with van der Waals surface area (Å²) in [6, 6.07) is 22.8. The Morgan fingerprint density at radius 1 is 0.938 bits per heavy atom. The minimum absolute atomic E-state index is 0.0788. The molecule has 3 aromatic carbocycles. The molecule has 246 valence electrons. The summed E-state index contributed by atoms with van der Waals surface area (Å²) in [5.74, 6) is -0.216. The molecule has 9 nitrogen and oxygen atoms in total. The summed E-state index contributed by atoms with van der Waals surface area (Å²) in [5, 5.41) is 3.15. The largest absolute Gasteiger partial charge is 0.488 e. The molecular weight excluding hydrogens is 611 g/mol. The van der Waals surface area contributed by atoms with Gasteiger partial charge in [-0.25, -0.2) is 9.37 Å². The number of hydrogen-bond donors (Lipinski definition) is 1. The van der Waals surface area contributed by atoms with Crippen LogP contribution < -0.4 is 10.1 Å². The van der Waals surface area contributed by atoms with Crippen molar-refractivity contribution >= 4 is 28.6 Å². The normalized spacial score (nSPS) is 23.5. The van der Waals surface area contributed by atoms with E-state index in [0.717, 1.165) is 41.6 Å². The lowest BCUT2D eigenvalue weighted by atomic mass is 9.95. The van der Waals surface area contributed by atoms with Crippen molar-refractivity contribution in [3.05, 3.63) is 107 Å². The Balaban J connectivity index is 0.998. The van der Waals surface area contributed by atoms with E-state index >= 15 is 4.39 Å². The number of halogens is 1. The van der Waals surface area contributed by atoms with Crippen LogP contribution in [0, 0.1) is 5.82 Å². The van der Waals surface area contributed by atoms with Gasteiger partial charge in [-0.05, 0) is 72.4 Å². The van der Waals surface area contributed by atoms with Gasteiger partial charge >= 0.3 is 0 Å². The van der Waals surface area contributed by atoms with Crippen LogP contribution in [0.5, 0.6) is 5.75 Å². The third kappa shape index (κ3) is 5.95. The Morgan fingerprint density at radius 3 is 2.58 bits per heavy atom. The van der Waals surface area contributed by atoms with Crippen molar-refractivity contribution in [1.82, 2.24) is 20.1 Å². The molecule has 4 aromatic rings. The number of ether oxygens (including phenoxy) is 2. The van der Waals surface area contributed by atoms with E-state index in [1.807, 2.05) is 48.5 Å². The fraction of sp³-hybridized carbons (Fsp3) is 0.368. The first-order chi connectivity index (χ1) is 23.4. The average Bonchev–Trinajstić information content (AvgIpc) is 3.64. The number of nitrogens with zero attached hydrogens (tertiary/aromatic N) is 3. The second-order valence-electron chi connectivity index (χ2n) is 13.4. The molecule has 8 rings (SSSR count). The molecule has 0 aliphatic carbocycles. The molecule has 0 unspecified atom stereocenters. The van der Waals surface area contributed by atoms with E-state index < -0.39 is 11.9 Å². The third-order valence-electron chi connectivity index (χ3n) is 10.2. The number of likely N-dealkylation sites (tertiary alicyclic amines) is 1. The molecule has 0 saturated carbocycles. The second-order valence-corrected chi connectivity index (χ2v) is 13.4. The van der Waals surface area contributed by atoms with Crippen molar-refractivity contribution in [2.45, 2.75) is 62.8 Å². The number of nitrogens with one attached hydrogen (secondary N) is 1. The van der Waals surface area contributed by atoms with E-state index in [-0.39, 0.29) is 42.6 Å². The Bertz CT molecular complexity index is 1900. The molecule has 1 N–H and O–H groups in total. The molecule has 4 aliphatic rings. The van der Waals surface area contributed by atoms with Crippen LogP contribution in [0.25, 0.3) is 10.9 Å². The smallest absolute Gasteiger partial charge is 0.255 e. The van der Waals surface area contributed by atoms with Crippen molar-refractivity contribution in [3.8, 4) is 5.75 Å². The Hall–Kier alpha value is -4.67. The molecular formula is C38H37FN4O5. The fourth-order valence-electron chi connectivity index (χ4n) is 7.76. The van der Waals surface area contributed by atoms with Crippen LogP contribution in [-0.2, 0) is 27.4 Å². The molecule has 48 heavy (non-hydrogen) atoms. The maximum absolute atomic E-state index is 15.5. The number of rotatable bonds is 7. The predicted octanol–water partition coefficient (Wildman–Crippen LogP) is 5.08. The Kier molecular flexibility index (Phi) is 8.14. The van der Waals surface area contributed by atoms with Gasteiger partial charge in [0, 0.05) is 74.3 Å². The summed E-state index contributed by atoms with van der Waals surface area (Å²) in [6.45, 7) is 3.66. The summed E-state index contributed by atoms with van der Waals surface area (Å²) >= 11 is 0. The summed E-state index contributed by atoms with van der Waals surface area (Å²) in [7, 11) is 0. The van der Waals surface area contributed by atoms with E-state index in [2.05, 4.69) is 22.3 Å². The standard InChI is InChI=1S/C38H37FN4O5/c39-31-17-23(16-26-6-9-32(40-36(26)31)25-12-14-47-15-13-25)19-42-21-30(24-4-2-1-3-5-24)34(22-42)48-28-7-8-29-27(18-28)20-43(38(29)46)33-10-11-35(44)41-37(33)45/h1-9,16-18,25,30,33-34H,10-15,19-22H2,(H,41,44,45)/t30-,33-,34+/m0/s1. The molecule has 0 radical (unpaired) electrons. The highest BCUT2D eigenvalue weighted by Gasteiger charge is 2.40. The number of imide groups is 1. The highest BCUT2D eigenvalue weighted by molar-refractivity contribution is 6.05. The van der Waals surface area contributed by atoms with Gasteiger partial charge in [0.1, 0.15) is 29.2 Å². The molecule has 3 saturated heterocycles. The summed E-state index contributed by atoms with van der Waals surface area (Å²) in [4.78, 5) is 45.9. The van der Waals surface area contributed by atoms with Gasteiger partial charge < -0.3 is 14.4 Å². The van der Waals surface area contributed by atoms with E-state index in [9.17, 15) is 14.4 Å². The first kappa shape index (κ1) is 30.7. The molecule has 3 amide bonds. The van der Waals surface area contributed by atoms with Crippen molar-refractivity contribution in [2.75, 3.05) is 26.3 Å². The number of amides is 3. The average molecular weight is 649 g/mol. The van der Waals surface area contributed by atoms with Crippen LogP contribution in [0.1, 0.15) is 70.3 Å². The molecule has 0 bridgehead atoms. The van der Waals surface area contributed by atoms with E-state index in [4.69, 9.17) is 14.5 Å². The minimum Gasteiger partial charge on any atom is -0.488 e. The lowest BCUT2D eigenvalue weighted by Crippen LogP contribution is -2.52. The van der Waals surface area contributed by atoms with E-state index in [1.165, 1.54) is 5.56 Å². The third-order valence-corrected chi connectivity index (χ3v) is 10.2. The quantitative estimate of drug-likeness (QED) is 0.279. The lowest BCUT2D eigenvalue weighted by Gasteiger charge is -2.29. The zero-order valence-corrected chi connectivity index (χ0v) is 26.6. The van der Waals surface area contributed by atoms with Crippen LogP contribution >= 0.6 is 0 Å². The fourth-order valence-corrected chi connectivity index (χ4v) is 7.76. The van der Waals surface area contributed by atoms with Gasteiger partial charge in [-0.1, -0.05) is 36.4 Å². The van der Waals surface area contributed by atoms with Crippen LogP contribution in [0.4, 0.5) is 4.39 Å². The van der Waals surface area contributed by atoms with E-state index in [0.29, 0.717) is 55.5 Å². The van der Waals surface area contributed by atoms with Crippen LogP contribution in [-0.4, -0.2) is 71.0 Å². The molecule has 1 aromatic heterocycles. The van der Waals surface area contributed by atoms with Gasteiger partial charge in [0.05, 0.1) is 0 Å². The van der Waals surface area contributed by atoms with Gasteiger partial charge in [0.15, 0.2) is 0 Å². The van der Waals surface area contributed by atoms with Crippen molar-refractivity contribution in [3.63, 3.8) is 0 Å². The van der Waals surface area contributed by atoms with Gasteiger partial charge in [0.25, 0.3) is 5.91 Å². The van der Waals surface area contributed by atoms with E-state index in [1.54, 1.807) is 17.0 Å². The highest BCUT2D eigenvalue weighted by Crippen LogP contribution is 2.35. The molecule has 0 spiro atoms. The molecule has 5 heterocycles. The number of carbonyl (C=O) groups excluding carboxylic acids is 3. The number of pyridine rings is 1. The van der Waals surface area contributed by atoms with Crippen LogP contribution in [0.2, 0.25) is 0 Å².